The molecule has 42 heavy (non-hydrogen) atoms. The maximum atomic E-state index is 14.3. The average Bonchev–Trinajstić information content (AvgIpc) is 3.46. The number of hydrogen-bond acceptors (Lipinski definition) is 6. The number of benzene rings is 3. The molecule has 9 nitrogen and oxygen atoms in total. The van der Waals surface area contributed by atoms with Crippen molar-refractivity contribution >= 4 is 27.5 Å². The lowest BCUT2D eigenvalue weighted by atomic mass is 10.0. The zero-order valence-corrected chi connectivity index (χ0v) is 25.4. The van der Waals surface area contributed by atoms with Crippen LogP contribution in [0, 0.1) is 6.92 Å². The Bertz CT molecular complexity index is 1500. The van der Waals surface area contributed by atoms with Gasteiger partial charge in [-0.15, -0.1) is 0 Å². The van der Waals surface area contributed by atoms with Gasteiger partial charge in [0.1, 0.15) is 12.6 Å². The molecular weight excluding hydrogens is 554 g/mol. The first-order valence-electron chi connectivity index (χ1n) is 14.2. The topological polar surface area (TPSA) is 105 Å². The number of ether oxygens (including phenoxy) is 2. The highest BCUT2D eigenvalue weighted by Gasteiger charge is 2.34. The second kappa shape index (κ2) is 13.7. The van der Waals surface area contributed by atoms with Crippen molar-refractivity contribution in [1.29, 1.82) is 0 Å². The van der Waals surface area contributed by atoms with E-state index in [-0.39, 0.29) is 43.1 Å². The average molecular weight is 594 g/mol. The summed E-state index contributed by atoms with van der Waals surface area (Å²) in [6, 6.07) is 21.0. The smallest absolute Gasteiger partial charge is 0.244 e. The molecule has 4 rings (SSSR count). The molecule has 0 radical (unpaired) electrons. The van der Waals surface area contributed by atoms with Crippen molar-refractivity contribution in [1.82, 2.24) is 10.2 Å². The molecule has 0 aromatic heterocycles. The number of rotatable bonds is 13. The maximum absolute atomic E-state index is 14.3. The summed E-state index contributed by atoms with van der Waals surface area (Å²) in [5.74, 6) is -0.0852. The quantitative estimate of drug-likeness (QED) is 0.314. The number of carbonyl (C=O) groups is 2. The summed E-state index contributed by atoms with van der Waals surface area (Å²) in [4.78, 5) is 29.6. The molecular formula is C32H39N3O6S. The van der Waals surface area contributed by atoms with Crippen molar-refractivity contribution in [3.05, 3.63) is 89.5 Å². The minimum Gasteiger partial charge on any atom is -0.454 e. The predicted octanol–water partition coefficient (Wildman–Crippen LogP) is 4.43. The minimum absolute atomic E-state index is 0.0366. The summed E-state index contributed by atoms with van der Waals surface area (Å²) in [6.45, 7) is 7.07. The molecule has 1 aliphatic heterocycles. The van der Waals surface area contributed by atoms with Crippen molar-refractivity contribution in [3.8, 4) is 11.5 Å². The molecule has 2 atom stereocenters. The van der Waals surface area contributed by atoms with E-state index >= 15 is 0 Å². The number of nitrogens with one attached hydrogen (secondary N) is 1. The SMILES string of the molecule is CC[C@@H](C)NC(=O)[C@H](Cc1ccccc1)N(Cc1ccccc1C)C(=O)CN(c1ccc2c(c1)OCO2)S(=O)(=O)CC. The Morgan fingerprint density at radius 2 is 1.64 bits per heavy atom. The molecule has 0 saturated heterocycles. The summed E-state index contributed by atoms with van der Waals surface area (Å²) in [5, 5.41) is 3.05. The van der Waals surface area contributed by atoms with E-state index in [9.17, 15) is 18.0 Å². The van der Waals surface area contributed by atoms with Crippen LogP contribution in [0.3, 0.4) is 0 Å². The molecule has 0 aliphatic carbocycles. The van der Waals surface area contributed by atoms with Gasteiger partial charge in [-0.25, -0.2) is 8.42 Å². The van der Waals surface area contributed by atoms with Crippen LogP contribution < -0.4 is 19.1 Å². The van der Waals surface area contributed by atoms with E-state index in [2.05, 4.69) is 5.32 Å². The van der Waals surface area contributed by atoms with Crippen molar-refractivity contribution in [3.63, 3.8) is 0 Å². The van der Waals surface area contributed by atoms with Crippen molar-refractivity contribution in [2.75, 3.05) is 23.4 Å². The largest absolute Gasteiger partial charge is 0.454 e. The number of aryl methyl sites for hydroxylation is 1. The Balaban J connectivity index is 1.76. The second-order valence-electron chi connectivity index (χ2n) is 10.4. The van der Waals surface area contributed by atoms with Crippen LogP contribution in [0.25, 0.3) is 0 Å². The number of hydrogen-bond donors (Lipinski definition) is 1. The Morgan fingerprint density at radius 1 is 0.952 bits per heavy atom. The maximum Gasteiger partial charge on any atom is 0.244 e. The summed E-state index contributed by atoms with van der Waals surface area (Å²) >= 11 is 0. The van der Waals surface area contributed by atoms with Gasteiger partial charge in [-0.2, -0.15) is 0 Å². The van der Waals surface area contributed by atoms with Gasteiger partial charge in [-0.3, -0.25) is 13.9 Å². The first-order chi connectivity index (χ1) is 20.1. The summed E-state index contributed by atoms with van der Waals surface area (Å²) < 4.78 is 38.7. The molecule has 1 heterocycles. The second-order valence-corrected chi connectivity index (χ2v) is 12.6. The number of fused-ring (bicyclic) bond motifs is 1. The van der Waals surface area contributed by atoms with Gasteiger partial charge in [0, 0.05) is 25.1 Å². The van der Waals surface area contributed by atoms with Gasteiger partial charge in [0.25, 0.3) is 0 Å². The van der Waals surface area contributed by atoms with E-state index in [1.165, 1.54) is 11.8 Å². The lowest BCUT2D eigenvalue weighted by Gasteiger charge is -2.34. The molecule has 3 aromatic carbocycles. The number of nitrogens with zero attached hydrogens (tertiary/aromatic N) is 2. The van der Waals surface area contributed by atoms with Crippen LogP contribution in [0.5, 0.6) is 11.5 Å². The zero-order valence-electron chi connectivity index (χ0n) is 24.6. The van der Waals surface area contributed by atoms with Crippen molar-refractivity contribution < 1.29 is 27.5 Å². The van der Waals surface area contributed by atoms with E-state index < -0.39 is 28.5 Å². The molecule has 1 aliphatic rings. The number of sulfonamides is 1. The third-order valence-electron chi connectivity index (χ3n) is 7.50. The van der Waals surface area contributed by atoms with E-state index in [0.29, 0.717) is 11.5 Å². The molecule has 0 spiro atoms. The summed E-state index contributed by atoms with van der Waals surface area (Å²) in [6.07, 6.45) is 0.994. The van der Waals surface area contributed by atoms with Crippen LogP contribution in [-0.4, -0.2) is 56.3 Å². The lowest BCUT2D eigenvalue weighted by molar-refractivity contribution is -0.140. The highest BCUT2D eigenvalue weighted by molar-refractivity contribution is 7.92. The zero-order chi connectivity index (χ0) is 30.3. The summed E-state index contributed by atoms with van der Waals surface area (Å²) in [7, 11) is -3.88. The Hall–Kier alpha value is -4.05. The van der Waals surface area contributed by atoms with Gasteiger partial charge >= 0.3 is 0 Å². The van der Waals surface area contributed by atoms with Gasteiger partial charge in [0.15, 0.2) is 11.5 Å². The molecule has 0 saturated carbocycles. The van der Waals surface area contributed by atoms with Gasteiger partial charge in [-0.1, -0.05) is 61.5 Å². The monoisotopic (exact) mass is 593 g/mol. The Morgan fingerprint density at radius 3 is 2.33 bits per heavy atom. The number of anilines is 1. The van der Waals surface area contributed by atoms with Crippen molar-refractivity contribution in [2.45, 2.75) is 59.2 Å². The highest BCUT2D eigenvalue weighted by atomic mass is 32.2. The third kappa shape index (κ3) is 7.42. The molecule has 0 bridgehead atoms. The normalized spacial score (nSPS) is 13.7. The molecule has 224 valence electrons. The molecule has 2 amide bonds. The lowest BCUT2D eigenvalue weighted by Crippen LogP contribution is -2.54. The first-order valence-corrected chi connectivity index (χ1v) is 15.8. The summed E-state index contributed by atoms with van der Waals surface area (Å²) in [5.41, 5.74) is 3.00. The van der Waals surface area contributed by atoms with E-state index in [1.54, 1.807) is 18.2 Å². The van der Waals surface area contributed by atoms with Gasteiger partial charge in [0.2, 0.25) is 28.6 Å². The van der Waals surface area contributed by atoms with E-state index in [0.717, 1.165) is 27.4 Å². The van der Waals surface area contributed by atoms with Crippen LogP contribution in [0.2, 0.25) is 0 Å². The predicted molar refractivity (Wildman–Crippen MR) is 163 cm³/mol. The third-order valence-corrected chi connectivity index (χ3v) is 9.24. The van der Waals surface area contributed by atoms with Crippen LogP contribution in [0.1, 0.15) is 43.9 Å². The Labute approximate surface area is 248 Å². The molecule has 0 unspecified atom stereocenters. The Kier molecular flexibility index (Phi) is 10.1. The standard InChI is InChI=1S/C32H39N3O6S/c1-5-24(4)33-32(37)28(18-25-13-8-7-9-14-25)34(20-26-15-11-10-12-23(26)3)31(36)21-35(42(38,39)6-2)27-16-17-29-30(19-27)41-22-40-29/h7-17,19,24,28H,5-6,18,20-22H2,1-4H3,(H,33,37)/t24-,28+/m1/s1. The van der Waals surface area contributed by atoms with Crippen molar-refractivity contribution in [2.24, 2.45) is 0 Å². The van der Waals surface area contributed by atoms with Gasteiger partial charge in [-0.05, 0) is 56.0 Å². The number of carbonyl (C=O) groups excluding carboxylic acids is 2. The molecule has 1 N–H and O–H groups in total. The van der Waals surface area contributed by atoms with Gasteiger partial charge < -0.3 is 19.7 Å². The first kappa shape index (κ1) is 30.9. The fraction of sp³-hybridized carbons (Fsp3) is 0.375. The minimum atomic E-state index is -3.88. The fourth-order valence-electron chi connectivity index (χ4n) is 4.73. The van der Waals surface area contributed by atoms with Crippen LogP contribution in [-0.2, 0) is 32.6 Å². The van der Waals surface area contributed by atoms with Crippen LogP contribution in [0.15, 0.2) is 72.8 Å². The van der Waals surface area contributed by atoms with Crippen LogP contribution in [0.4, 0.5) is 5.69 Å². The molecule has 3 aromatic rings. The molecule has 0 fully saturated rings. The number of amides is 2. The fourth-order valence-corrected chi connectivity index (χ4v) is 5.78. The highest BCUT2D eigenvalue weighted by Crippen LogP contribution is 2.36. The van der Waals surface area contributed by atoms with E-state index in [4.69, 9.17) is 9.47 Å². The molecule has 10 heteroatoms. The van der Waals surface area contributed by atoms with E-state index in [1.807, 2.05) is 75.4 Å². The van der Waals surface area contributed by atoms with Gasteiger partial charge in [0.05, 0.1) is 11.4 Å². The van der Waals surface area contributed by atoms with Crippen LogP contribution >= 0.6 is 0 Å².